The quantitative estimate of drug-likeness (QED) is 0.849. The van der Waals surface area contributed by atoms with Crippen molar-refractivity contribution in [2.75, 3.05) is 0 Å². The van der Waals surface area contributed by atoms with Crippen LogP contribution in [0.2, 0.25) is 0 Å². The molecule has 0 unspecified atom stereocenters. The highest BCUT2D eigenvalue weighted by Gasteiger charge is 2.09. The molecule has 0 saturated carbocycles. The minimum Gasteiger partial charge on any atom is -0.478 e. The minimum atomic E-state index is -0.982. The smallest absolute Gasteiger partial charge is 0.337 e. The van der Waals surface area contributed by atoms with Crippen LogP contribution in [0, 0.1) is 0 Å². The number of pyridine rings is 1. The van der Waals surface area contributed by atoms with Gasteiger partial charge in [0.2, 0.25) is 0 Å². The van der Waals surface area contributed by atoms with Crippen LogP contribution in [-0.4, -0.2) is 25.6 Å². The molecule has 2 aromatic heterocycles. The van der Waals surface area contributed by atoms with Gasteiger partial charge in [0.15, 0.2) is 0 Å². The number of hydrogen-bond donors (Lipinski definition) is 1. The molecule has 1 N–H and O–H groups in total. The first-order valence-corrected chi connectivity index (χ1v) is 4.92. The SMILES string of the molecule is CCn1ccnc1-c1cncc(C(=O)O)c1. The second-order valence-electron chi connectivity index (χ2n) is 3.30. The molecule has 0 spiro atoms. The second kappa shape index (κ2) is 4.14. The third-order valence-electron chi connectivity index (χ3n) is 2.30. The summed E-state index contributed by atoms with van der Waals surface area (Å²) in [6, 6.07) is 1.57. The molecule has 2 rings (SSSR count). The van der Waals surface area contributed by atoms with Gasteiger partial charge in [0.25, 0.3) is 0 Å². The van der Waals surface area contributed by atoms with Crippen LogP contribution in [0.5, 0.6) is 0 Å². The van der Waals surface area contributed by atoms with Gasteiger partial charge in [-0.2, -0.15) is 0 Å². The average molecular weight is 217 g/mol. The van der Waals surface area contributed by atoms with E-state index in [1.165, 1.54) is 6.20 Å². The lowest BCUT2D eigenvalue weighted by atomic mass is 10.2. The molecule has 0 saturated heterocycles. The highest BCUT2D eigenvalue weighted by molar-refractivity contribution is 5.88. The van der Waals surface area contributed by atoms with Crippen molar-refractivity contribution in [2.45, 2.75) is 13.5 Å². The summed E-state index contributed by atoms with van der Waals surface area (Å²) in [5, 5.41) is 8.87. The highest BCUT2D eigenvalue weighted by atomic mass is 16.4. The summed E-state index contributed by atoms with van der Waals surface area (Å²) >= 11 is 0. The number of hydrogen-bond acceptors (Lipinski definition) is 3. The number of carbonyl (C=O) groups is 1. The summed E-state index contributed by atoms with van der Waals surface area (Å²) in [4.78, 5) is 18.9. The third kappa shape index (κ3) is 1.79. The van der Waals surface area contributed by atoms with E-state index in [4.69, 9.17) is 5.11 Å². The van der Waals surface area contributed by atoms with Gasteiger partial charge >= 0.3 is 5.97 Å². The van der Waals surface area contributed by atoms with Crippen molar-refractivity contribution in [2.24, 2.45) is 0 Å². The topological polar surface area (TPSA) is 68.0 Å². The van der Waals surface area contributed by atoms with Crippen molar-refractivity contribution in [3.63, 3.8) is 0 Å². The molecule has 0 amide bonds. The standard InChI is InChI=1S/C11H11N3O2/c1-2-14-4-3-13-10(14)8-5-9(11(15)16)7-12-6-8/h3-7H,2H2,1H3,(H,15,16). The van der Waals surface area contributed by atoms with Gasteiger partial charge in [-0.05, 0) is 13.0 Å². The Morgan fingerprint density at radius 1 is 1.50 bits per heavy atom. The minimum absolute atomic E-state index is 0.170. The maximum absolute atomic E-state index is 10.8. The molecule has 2 heterocycles. The van der Waals surface area contributed by atoms with Crippen molar-refractivity contribution in [3.8, 4) is 11.4 Å². The zero-order valence-corrected chi connectivity index (χ0v) is 8.79. The fourth-order valence-corrected chi connectivity index (χ4v) is 1.50. The molecule has 82 valence electrons. The van der Waals surface area contributed by atoms with Crippen molar-refractivity contribution in [1.29, 1.82) is 0 Å². The molecule has 0 aliphatic heterocycles. The van der Waals surface area contributed by atoms with Gasteiger partial charge in [-0.25, -0.2) is 9.78 Å². The average Bonchev–Trinajstić information content (AvgIpc) is 2.77. The summed E-state index contributed by atoms with van der Waals surface area (Å²) in [6.07, 6.45) is 6.47. The molecule has 5 heteroatoms. The summed E-state index contributed by atoms with van der Waals surface area (Å²) in [7, 11) is 0. The number of aryl methyl sites for hydroxylation is 1. The molecule has 0 aliphatic carbocycles. The maximum atomic E-state index is 10.8. The third-order valence-corrected chi connectivity index (χ3v) is 2.30. The van der Waals surface area contributed by atoms with Gasteiger partial charge in [-0.15, -0.1) is 0 Å². The Morgan fingerprint density at radius 2 is 2.31 bits per heavy atom. The monoisotopic (exact) mass is 217 g/mol. The number of carboxylic acids is 1. The lowest BCUT2D eigenvalue weighted by Gasteiger charge is -2.04. The summed E-state index contributed by atoms with van der Waals surface area (Å²) in [5.74, 6) is -0.248. The molecule has 0 fully saturated rings. The highest BCUT2D eigenvalue weighted by Crippen LogP contribution is 2.17. The molecular weight excluding hydrogens is 206 g/mol. The zero-order valence-electron chi connectivity index (χ0n) is 8.79. The Balaban J connectivity index is 2.48. The van der Waals surface area contributed by atoms with Crippen LogP contribution in [0.4, 0.5) is 0 Å². The molecule has 0 aliphatic rings. The van der Waals surface area contributed by atoms with E-state index in [9.17, 15) is 4.79 Å². The summed E-state index contributed by atoms with van der Waals surface area (Å²) < 4.78 is 1.93. The second-order valence-corrected chi connectivity index (χ2v) is 3.30. The van der Waals surface area contributed by atoms with E-state index >= 15 is 0 Å². The van der Waals surface area contributed by atoms with Crippen LogP contribution in [0.3, 0.4) is 0 Å². The zero-order chi connectivity index (χ0) is 11.5. The molecule has 0 aromatic carbocycles. The lowest BCUT2D eigenvalue weighted by molar-refractivity contribution is 0.0696. The molecular formula is C11H11N3O2. The van der Waals surface area contributed by atoms with Gasteiger partial charge < -0.3 is 9.67 Å². The molecule has 5 nitrogen and oxygen atoms in total. The number of carboxylic acid groups (broad SMARTS) is 1. The van der Waals surface area contributed by atoms with Gasteiger partial charge in [-0.3, -0.25) is 4.98 Å². The van der Waals surface area contributed by atoms with E-state index in [0.717, 1.165) is 12.4 Å². The lowest BCUT2D eigenvalue weighted by Crippen LogP contribution is -2.00. The molecule has 2 aromatic rings. The number of rotatable bonds is 3. The van der Waals surface area contributed by atoms with Gasteiger partial charge in [0.1, 0.15) is 5.82 Å². The summed E-state index contributed by atoms with van der Waals surface area (Å²) in [6.45, 7) is 2.78. The van der Waals surface area contributed by atoms with Crippen LogP contribution in [0.25, 0.3) is 11.4 Å². The van der Waals surface area contributed by atoms with Gasteiger partial charge in [-0.1, -0.05) is 0 Å². The Morgan fingerprint density at radius 3 is 3.00 bits per heavy atom. The molecule has 0 radical (unpaired) electrons. The number of nitrogens with zero attached hydrogens (tertiary/aromatic N) is 3. The van der Waals surface area contributed by atoms with E-state index in [1.54, 1.807) is 18.5 Å². The number of imidazole rings is 1. The van der Waals surface area contributed by atoms with Gasteiger partial charge in [0, 0.05) is 36.9 Å². The van der Waals surface area contributed by atoms with Gasteiger partial charge in [0.05, 0.1) is 5.56 Å². The van der Waals surface area contributed by atoms with Crippen LogP contribution < -0.4 is 0 Å². The normalized spacial score (nSPS) is 10.3. The molecule has 0 bridgehead atoms. The molecule has 0 atom stereocenters. The predicted octanol–water partition coefficient (Wildman–Crippen LogP) is 1.66. The van der Waals surface area contributed by atoms with Crippen LogP contribution >= 0.6 is 0 Å². The Labute approximate surface area is 92.4 Å². The van der Waals surface area contributed by atoms with Crippen molar-refractivity contribution >= 4 is 5.97 Å². The first-order chi connectivity index (χ1) is 7.72. The van der Waals surface area contributed by atoms with Crippen molar-refractivity contribution in [3.05, 3.63) is 36.4 Å². The van der Waals surface area contributed by atoms with Crippen LogP contribution in [0.1, 0.15) is 17.3 Å². The predicted molar refractivity (Wildman–Crippen MR) is 58.1 cm³/mol. The van der Waals surface area contributed by atoms with E-state index < -0.39 is 5.97 Å². The fraction of sp³-hybridized carbons (Fsp3) is 0.182. The maximum Gasteiger partial charge on any atom is 0.337 e. The van der Waals surface area contributed by atoms with Crippen LogP contribution in [0.15, 0.2) is 30.9 Å². The first kappa shape index (κ1) is 10.4. The van der Waals surface area contributed by atoms with Crippen molar-refractivity contribution in [1.82, 2.24) is 14.5 Å². The Hall–Kier alpha value is -2.17. The first-order valence-electron chi connectivity index (χ1n) is 4.92. The number of aromatic nitrogens is 3. The van der Waals surface area contributed by atoms with E-state index in [-0.39, 0.29) is 5.56 Å². The Kier molecular flexibility index (Phi) is 2.68. The number of aromatic carboxylic acids is 1. The van der Waals surface area contributed by atoms with Crippen LogP contribution in [-0.2, 0) is 6.54 Å². The fourth-order valence-electron chi connectivity index (χ4n) is 1.50. The van der Waals surface area contributed by atoms with E-state index in [0.29, 0.717) is 5.56 Å². The largest absolute Gasteiger partial charge is 0.478 e. The van der Waals surface area contributed by atoms with E-state index in [2.05, 4.69) is 9.97 Å². The Bertz CT molecular complexity index is 519. The van der Waals surface area contributed by atoms with Crippen molar-refractivity contribution < 1.29 is 9.90 Å². The molecule has 16 heavy (non-hydrogen) atoms. The summed E-state index contributed by atoms with van der Waals surface area (Å²) in [5.41, 5.74) is 0.884. The van der Waals surface area contributed by atoms with E-state index in [1.807, 2.05) is 17.7 Å².